The molecule has 1 aromatic rings. The Labute approximate surface area is 286 Å². The smallest absolute Gasteiger partial charge is 0.347 e. The van der Waals surface area contributed by atoms with E-state index >= 15 is 0 Å². The summed E-state index contributed by atoms with van der Waals surface area (Å²) in [5.41, 5.74) is -4.54. The average molecular weight is 689 g/mol. The number of carbonyl (C=O) groups excluding carboxylic acids is 4. The van der Waals surface area contributed by atoms with Crippen LogP contribution < -0.4 is 0 Å². The number of aliphatic hydroxyl groups is 2. The topological polar surface area (TPSA) is 173 Å². The summed E-state index contributed by atoms with van der Waals surface area (Å²) in [4.78, 5) is 52.2. The number of fused-ring (bicyclic) bond motifs is 1. The maximum Gasteiger partial charge on any atom is 0.347 e. The molecule has 10 atom stereocenters. The van der Waals surface area contributed by atoms with Gasteiger partial charge in [-0.2, -0.15) is 0 Å². The summed E-state index contributed by atoms with van der Waals surface area (Å²) in [6, 6.07) is 9.59. The third-order valence-corrected chi connectivity index (χ3v) is 9.73. The van der Waals surface area contributed by atoms with Gasteiger partial charge in [0.1, 0.15) is 6.10 Å². The molecule has 49 heavy (non-hydrogen) atoms. The van der Waals surface area contributed by atoms with E-state index in [0.717, 1.165) is 38.7 Å². The minimum atomic E-state index is -3.18. The summed E-state index contributed by atoms with van der Waals surface area (Å²) in [5.74, 6) is -9.36. The summed E-state index contributed by atoms with van der Waals surface area (Å²) in [6.45, 7) is 13.4. The molecule has 0 unspecified atom stereocenters. The second kappa shape index (κ2) is 14.7. The highest BCUT2D eigenvalue weighted by atomic mass is 16.9. The van der Waals surface area contributed by atoms with Crippen LogP contribution >= 0.6 is 0 Å². The standard InChI is InChI=1S/C36H48O13/c1-9-21(2)19-22(3)15-16-27(38)46-29-34(41,30(39)43-7)35(31(40)44-8)32-47-33(49-35,36(29,42)48-32)18-17-23(4)28(45-25(6)37)24(5)20-26-13-11-10-12-14-26/h10-16,21-22,24,28-29,32,41-42H,4,9,17-20H2,1-3,5-8H3/b16-15+/t21-,22+,24+,28+,29-,32+,33+,34-,35+,36-/m0/s1. The molecule has 4 fully saturated rings. The van der Waals surface area contributed by atoms with Crippen molar-refractivity contribution in [1.82, 2.24) is 0 Å². The molecule has 0 radical (unpaired) electrons. The molecule has 5 rings (SSSR count). The van der Waals surface area contributed by atoms with Crippen LogP contribution in [0.5, 0.6) is 0 Å². The summed E-state index contributed by atoms with van der Waals surface area (Å²) in [5, 5.41) is 24.2. The van der Waals surface area contributed by atoms with E-state index in [1.807, 2.05) is 44.2 Å². The molecule has 2 N–H and O–H groups in total. The number of hydrogen-bond acceptors (Lipinski definition) is 13. The number of carbonyl (C=O) groups is 4. The van der Waals surface area contributed by atoms with Crippen LogP contribution in [-0.4, -0.2) is 89.6 Å². The van der Waals surface area contributed by atoms with Crippen molar-refractivity contribution in [3.63, 3.8) is 0 Å². The first-order chi connectivity index (χ1) is 23.0. The number of hydrogen-bond donors (Lipinski definition) is 2. The molecule has 0 saturated carbocycles. The molecule has 0 aromatic heterocycles. The van der Waals surface area contributed by atoms with Crippen LogP contribution in [0.4, 0.5) is 0 Å². The van der Waals surface area contributed by atoms with Gasteiger partial charge in [0.05, 0.1) is 14.2 Å². The van der Waals surface area contributed by atoms with E-state index in [2.05, 4.69) is 20.4 Å². The van der Waals surface area contributed by atoms with Crippen molar-refractivity contribution in [2.75, 3.05) is 14.2 Å². The van der Waals surface area contributed by atoms with Gasteiger partial charge in [0.25, 0.3) is 17.0 Å². The molecule has 0 aliphatic carbocycles. The average Bonchev–Trinajstić information content (AvgIpc) is 3.56. The summed E-state index contributed by atoms with van der Waals surface area (Å²) >= 11 is 0. The van der Waals surface area contributed by atoms with Gasteiger partial charge in [0.15, 0.2) is 0 Å². The largest absolute Gasteiger partial charge is 0.467 e. The second-order valence-electron chi connectivity index (χ2n) is 13.4. The number of rotatable bonds is 16. The SMILES string of the molecule is C=C(CC[C@]12O[C@@H]3O[C@@]1(O)[C@@H](OC(=O)/C=C/[C@@H](C)C[C@@H](C)CC)[C@](O)(C(=O)OC)[C@]3(C(=O)OC)O2)[C@@H](OC(C)=O)[C@H](C)Cc1ccccc1. The van der Waals surface area contributed by atoms with E-state index in [0.29, 0.717) is 17.9 Å². The van der Waals surface area contributed by atoms with Gasteiger partial charge in [-0.3, -0.25) is 4.79 Å². The maximum atomic E-state index is 13.5. The zero-order chi connectivity index (χ0) is 36.4. The number of esters is 4. The van der Waals surface area contributed by atoms with Crippen molar-refractivity contribution in [3.05, 3.63) is 60.2 Å². The van der Waals surface area contributed by atoms with Crippen LogP contribution in [0.2, 0.25) is 0 Å². The van der Waals surface area contributed by atoms with Gasteiger partial charge in [-0.25, -0.2) is 14.4 Å². The zero-order valence-corrected chi connectivity index (χ0v) is 29.1. The fourth-order valence-corrected chi connectivity index (χ4v) is 7.04. The molecule has 4 aliphatic rings. The lowest BCUT2D eigenvalue weighted by molar-refractivity contribution is -0.456. The molecule has 4 saturated heterocycles. The molecular weight excluding hydrogens is 640 g/mol. The molecule has 4 bridgehead atoms. The second-order valence-corrected chi connectivity index (χ2v) is 13.4. The van der Waals surface area contributed by atoms with Crippen molar-refractivity contribution < 1.29 is 62.5 Å². The quantitative estimate of drug-likeness (QED) is 0.112. The lowest BCUT2D eigenvalue weighted by Gasteiger charge is -2.58. The molecule has 0 spiro atoms. The first-order valence-corrected chi connectivity index (χ1v) is 16.5. The Bertz CT molecular complexity index is 1440. The number of benzene rings is 1. The monoisotopic (exact) mass is 688 g/mol. The normalized spacial score (nSPS) is 32.3. The molecule has 4 aliphatic heterocycles. The minimum absolute atomic E-state index is 0.0307. The van der Waals surface area contributed by atoms with Crippen LogP contribution in [0.15, 0.2) is 54.6 Å². The van der Waals surface area contributed by atoms with Crippen LogP contribution in [0.3, 0.4) is 0 Å². The van der Waals surface area contributed by atoms with Crippen LogP contribution in [0.25, 0.3) is 0 Å². The number of ether oxygens (including phenoxy) is 7. The Kier molecular flexibility index (Phi) is 11.5. The van der Waals surface area contributed by atoms with Gasteiger partial charge in [0, 0.05) is 25.3 Å². The Morgan fingerprint density at radius 3 is 2.27 bits per heavy atom. The molecule has 13 heteroatoms. The van der Waals surface area contributed by atoms with Gasteiger partial charge in [-0.05, 0) is 42.2 Å². The van der Waals surface area contributed by atoms with E-state index in [1.54, 1.807) is 6.08 Å². The van der Waals surface area contributed by atoms with E-state index in [-0.39, 0.29) is 24.7 Å². The third-order valence-electron chi connectivity index (χ3n) is 9.73. The van der Waals surface area contributed by atoms with Crippen molar-refractivity contribution in [3.8, 4) is 0 Å². The van der Waals surface area contributed by atoms with Crippen LogP contribution in [0.1, 0.15) is 65.9 Å². The first-order valence-electron chi connectivity index (χ1n) is 16.5. The van der Waals surface area contributed by atoms with E-state index < -0.39 is 65.2 Å². The Morgan fingerprint density at radius 2 is 1.67 bits per heavy atom. The maximum absolute atomic E-state index is 13.5. The van der Waals surface area contributed by atoms with Gasteiger partial charge >= 0.3 is 23.9 Å². The van der Waals surface area contributed by atoms with E-state index in [4.69, 9.17) is 33.2 Å². The van der Waals surface area contributed by atoms with Gasteiger partial charge < -0.3 is 43.4 Å². The van der Waals surface area contributed by atoms with Crippen molar-refractivity contribution in [1.29, 1.82) is 0 Å². The van der Waals surface area contributed by atoms with Crippen LogP contribution in [0, 0.1) is 17.8 Å². The number of allylic oxidation sites excluding steroid dienone is 1. The Hall–Kier alpha value is -3.62. The van der Waals surface area contributed by atoms with Crippen molar-refractivity contribution >= 4 is 23.9 Å². The van der Waals surface area contributed by atoms with Crippen molar-refractivity contribution in [2.24, 2.45) is 17.8 Å². The van der Waals surface area contributed by atoms with E-state index in [9.17, 15) is 29.4 Å². The number of methoxy groups -OCH3 is 2. The summed E-state index contributed by atoms with van der Waals surface area (Å²) in [6.07, 6.45) is -0.310. The molecule has 0 amide bonds. The Morgan fingerprint density at radius 1 is 1.02 bits per heavy atom. The van der Waals surface area contributed by atoms with Crippen molar-refractivity contribution in [2.45, 2.75) is 108 Å². The molecule has 13 nitrogen and oxygen atoms in total. The predicted octanol–water partition coefficient (Wildman–Crippen LogP) is 3.29. The first kappa shape index (κ1) is 38.2. The summed E-state index contributed by atoms with van der Waals surface area (Å²) < 4.78 is 38.9. The molecule has 270 valence electrons. The fraction of sp³-hybridized carbons (Fsp3) is 0.611. The van der Waals surface area contributed by atoms with Gasteiger partial charge in [0.2, 0.25) is 18.2 Å². The third kappa shape index (κ3) is 6.66. The Balaban J connectivity index is 1.68. The lowest BCUT2D eigenvalue weighted by Crippen LogP contribution is -2.88. The highest BCUT2D eigenvalue weighted by molar-refractivity contribution is 5.96. The lowest BCUT2D eigenvalue weighted by atomic mass is 9.68. The zero-order valence-electron chi connectivity index (χ0n) is 29.1. The fourth-order valence-electron chi connectivity index (χ4n) is 7.04. The van der Waals surface area contributed by atoms with Gasteiger partial charge in [-0.1, -0.05) is 77.1 Å². The summed E-state index contributed by atoms with van der Waals surface area (Å²) in [7, 11) is 1.92. The molecule has 1 aromatic carbocycles. The molecular formula is C36H48O13. The van der Waals surface area contributed by atoms with E-state index in [1.165, 1.54) is 6.92 Å². The minimum Gasteiger partial charge on any atom is -0.467 e. The highest BCUT2D eigenvalue weighted by Gasteiger charge is 2.95. The van der Waals surface area contributed by atoms with Crippen LogP contribution in [-0.2, 0) is 58.8 Å². The molecule has 4 heterocycles. The highest BCUT2D eigenvalue weighted by Crippen LogP contribution is 2.66. The predicted molar refractivity (Wildman–Crippen MR) is 172 cm³/mol. The van der Waals surface area contributed by atoms with Gasteiger partial charge in [-0.15, -0.1) is 0 Å².